The molecule has 0 aliphatic carbocycles. The summed E-state index contributed by atoms with van der Waals surface area (Å²) in [7, 11) is 0. The Morgan fingerprint density at radius 1 is 0.431 bits per heavy atom. The molecule has 2 heteroatoms. The van der Waals surface area contributed by atoms with E-state index in [0.717, 1.165) is 86.9 Å². The quantitative estimate of drug-likeness (QED) is 0.116. The fraction of sp³-hybridized carbons (Fsp3) is 0. The van der Waals surface area contributed by atoms with Gasteiger partial charge >= 0.3 is 0 Å². The molecular formula is C49H34OS. The maximum atomic E-state index is 14.4. The lowest BCUT2D eigenvalue weighted by atomic mass is 9.92. The van der Waals surface area contributed by atoms with Gasteiger partial charge in [-0.3, -0.25) is 4.79 Å². The van der Waals surface area contributed by atoms with Crippen LogP contribution < -0.4 is 5.43 Å². The Labute approximate surface area is 302 Å². The van der Waals surface area contributed by atoms with Gasteiger partial charge in [0.25, 0.3) is 0 Å². The Kier molecular flexibility index (Phi) is 8.68. The van der Waals surface area contributed by atoms with Gasteiger partial charge < -0.3 is 0 Å². The van der Waals surface area contributed by atoms with Crippen LogP contribution in [0.5, 0.6) is 0 Å². The summed E-state index contributed by atoms with van der Waals surface area (Å²) < 4.78 is 1.95. The van der Waals surface area contributed by atoms with Gasteiger partial charge in [-0.25, -0.2) is 0 Å². The van der Waals surface area contributed by atoms with E-state index in [0.29, 0.717) is 0 Å². The smallest absolute Gasteiger partial charge is 0.195 e. The molecule has 0 aliphatic rings. The van der Waals surface area contributed by atoms with Crippen LogP contribution >= 0.6 is 11.3 Å². The van der Waals surface area contributed by atoms with E-state index in [1.54, 1.807) is 17.4 Å². The van der Waals surface area contributed by atoms with Crippen LogP contribution in [-0.4, -0.2) is 0 Å². The van der Waals surface area contributed by atoms with E-state index in [1.165, 1.54) is 0 Å². The second-order valence-electron chi connectivity index (χ2n) is 12.6. The fourth-order valence-corrected chi connectivity index (χ4v) is 7.80. The number of benzene rings is 7. The van der Waals surface area contributed by atoms with E-state index in [4.69, 9.17) is 0 Å². The number of hydrogen-bond acceptors (Lipinski definition) is 2. The molecule has 51 heavy (non-hydrogen) atoms. The summed E-state index contributed by atoms with van der Waals surface area (Å²) in [4.78, 5) is 14.4. The summed E-state index contributed by atoms with van der Waals surface area (Å²) in [5.74, 6) is 0. The highest BCUT2D eigenvalue weighted by atomic mass is 32.1. The van der Waals surface area contributed by atoms with Gasteiger partial charge in [-0.15, -0.1) is 11.3 Å². The summed E-state index contributed by atoms with van der Waals surface area (Å²) in [6.07, 6.45) is 5.61. The van der Waals surface area contributed by atoms with Crippen molar-refractivity contribution >= 4 is 37.1 Å². The third-order valence-corrected chi connectivity index (χ3v) is 10.5. The van der Waals surface area contributed by atoms with Gasteiger partial charge in [0.15, 0.2) is 5.43 Å². The molecule has 1 heterocycles. The zero-order valence-electron chi connectivity index (χ0n) is 28.1. The third kappa shape index (κ3) is 6.41. The molecular weight excluding hydrogens is 637 g/mol. The van der Waals surface area contributed by atoms with Crippen LogP contribution in [0.3, 0.4) is 0 Å². The Morgan fingerprint density at radius 2 is 0.824 bits per heavy atom. The highest BCUT2D eigenvalue weighted by molar-refractivity contribution is 7.24. The van der Waals surface area contributed by atoms with Crippen LogP contribution in [-0.2, 0) is 0 Å². The van der Waals surface area contributed by atoms with Crippen molar-refractivity contribution in [1.82, 2.24) is 0 Å². The van der Waals surface area contributed by atoms with E-state index in [2.05, 4.69) is 159 Å². The van der Waals surface area contributed by atoms with E-state index in [-0.39, 0.29) is 5.43 Å². The third-order valence-electron chi connectivity index (χ3n) is 9.37. The molecule has 0 atom stereocenters. The molecule has 1 nitrogen and oxygen atoms in total. The highest BCUT2D eigenvalue weighted by Crippen LogP contribution is 2.37. The zero-order valence-corrected chi connectivity index (χ0v) is 28.9. The Bertz CT molecular complexity index is 2610. The first-order chi connectivity index (χ1) is 25.1. The molecule has 0 saturated carbocycles. The number of hydrogen-bond donors (Lipinski definition) is 0. The number of allylic oxidation sites excluding steroid dienone is 4. The van der Waals surface area contributed by atoms with Crippen molar-refractivity contribution in [2.45, 2.75) is 0 Å². The van der Waals surface area contributed by atoms with Crippen molar-refractivity contribution in [2.24, 2.45) is 0 Å². The summed E-state index contributed by atoms with van der Waals surface area (Å²) >= 11 is 1.66. The lowest BCUT2D eigenvalue weighted by Crippen LogP contribution is -2.01. The van der Waals surface area contributed by atoms with E-state index >= 15 is 0 Å². The molecule has 7 aromatic carbocycles. The Hall–Kier alpha value is -6.35. The molecule has 1 aromatic heterocycles. The molecule has 0 unspecified atom stereocenters. The van der Waals surface area contributed by atoms with Crippen LogP contribution in [0.4, 0.5) is 0 Å². The topological polar surface area (TPSA) is 17.1 Å². The maximum absolute atomic E-state index is 14.4. The first-order valence-corrected chi connectivity index (χ1v) is 17.8. The molecule has 0 N–H and O–H groups in total. The molecule has 0 spiro atoms. The summed E-state index contributed by atoms with van der Waals surface area (Å²) in [5.41, 5.74) is 13.0. The van der Waals surface area contributed by atoms with Gasteiger partial charge in [-0.1, -0.05) is 135 Å². The highest BCUT2D eigenvalue weighted by Gasteiger charge is 2.13. The normalized spacial score (nSPS) is 11.5. The molecule has 8 aromatic rings. The van der Waals surface area contributed by atoms with Crippen LogP contribution in [0.1, 0.15) is 5.56 Å². The molecule has 0 amide bonds. The first-order valence-electron chi connectivity index (χ1n) is 17.0. The second kappa shape index (κ2) is 13.9. The van der Waals surface area contributed by atoms with E-state index < -0.39 is 0 Å². The number of rotatable bonds is 8. The second-order valence-corrected chi connectivity index (χ2v) is 13.7. The van der Waals surface area contributed by atoms with Crippen molar-refractivity contribution in [1.29, 1.82) is 0 Å². The maximum Gasteiger partial charge on any atom is 0.195 e. The monoisotopic (exact) mass is 670 g/mol. The number of fused-ring (bicyclic) bond motifs is 2. The molecule has 0 aliphatic heterocycles. The standard InChI is InChI=1S/C49H34OS/c1-3-14-33(4-2)39-25-40(34-15-8-5-9-16-34)28-43(26-39)37-21-23-47-45(31-37)49(50)46-32-38(22-24-48(46)51-47)44-29-41(35-17-10-6-11-18-35)27-42(30-44)36-19-12-7-13-20-36/h3-32H,1-2H2/b33-14+. The summed E-state index contributed by atoms with van der Waals surface area (Å²) in [6, 6.07) is 57.1. The zero-order chi connectivity index (χ0) is 34.7. The lowest BCUT2D eigenvalue weighted by molar-refractivity contribution is 1.56. The molecule has 0 radical (unpaired) electrons. The minimum atomic E-state index is 0.0442. The van der Waals surface area contributed by atoms with Crippen molar-refractivity contribution in [2.75, 3.05) is 0 Å². The largest absolute Gasteiger partial charge is 0.289 e. The Morgan fingerprint density at radius 3 is 1.24 bits per heavy atom. The SMILES string of the molecule is C=C/C=C(\C=C)c1cc(-c2ccccc2)cc(-c2ccc3sc4ccc(-c5cc(-c6ccccc6)cc(-c6ccccc6)c5)cc4c(=O)c3c2)c1. The van der Waals surface area contributed by atoms with Gasteiger partial charge in [0.05, 0.1) is 0 Å². The van der Waals surface area contributed by atoms with Crippen molar-refractivity contribution in [3.8, 4) is 55.6 Å². The average molecular weight is 671 g/mol. The van der Waals surface area contributed by atoms with Crippen LogP contribution in [0.15, 0.2) is 200 Å². The lowest BCUT2D eigenvalue weighted by Gasteiger charge is -2.13. The van der Waals surface area contributed by atoms with Crippen molar-refractivity contribution in [3.05, 3.63) is 211 Å². The van der Waals surface area contributed by atoms with Crippen LogP contribution in [0.25, 0.3) is 81.4 Å². The minimum Gasteiger partial charge on any atom is -0.289 e. The average Bonchev–Trinajstić information content (AvgIpc) is 3.20. The first kappa shape index (κ1) is 31.9. The minimum absolute atomic E-state index is 0.0442. The predicted octanol–water partition coefficient (Wildman–Crippen LogP) is 13.5. The van der Waals surface area contributed by atoms with Crippen molar-refractivity contribution < 1.29 is 0 Å². The van der Waals surface area contributed by atoms with Gasteiger partial charge in [-0.2, -0.15) is 0 Å². The van der Waals surface area contributed by atoms with Gasteiger partial charge in [0.2, 0.25) is 0 Å². The molecule has 0 fully saturated rings. The molecule has 0 bridgehead atoms. The van der Waals surface area contributed by atoms with Crippen LogP contribution in [0, 0.1) is 0 Å². The predicted molar refractivity (Wildman–Crippen MR) is 221 cm³/mol. The van der Waals surface area contributed by atoms with Gasteiger partial charge in [0.1, 0.15) is 0 Å². The Balaban J connectivity index is 1.27. The fourth-order valence-electron chi connectivity index (χ4n) is 6.77. The molecule has 0 saturated heterocycles. The van der Waals surface area contributed by atoms with E-state index in [1.807, 2.05) is 30.4 Å². The van der Waals surface area contributed by atoms with Gasteiger partial charge in [-0.05, 0) is 127 Å². The van der Waals surface area contributed by atoms with E-state index in [9.17, 15) is 4.79 Å². The van der Waals surface area contributed by atoms with Crippen LogP contribution in [0.2, 0.25) is 0 Å². The summed E-state index contributed by atoms with van der Waals surface area (Å²) in [5, 5.41) is 1.46. The van der Waals surface area contributed by atoms with Crippen molar-refractivity contribution in [3.63, 3.8) is 0 Å². The summed E-state index contributed by atoms with van der Waals surface area (Å²) in [6.45, 7) is 7.96. The molecule has 242 valence electrons. The van der Waals surface area contributed by atoms with Gasteiger partial charge in [0, 0.05) is 20.2 Å². The molecule has 8 rings (SSSR count).